The van der Waals surface area contributed by atoms with Crippen molar-refractivity contribution in [3.8, 4) is 22.6 Å². The molecule has 0 fully saturated rings. The Kier molecular flexibility index (Phi) is 7.33. The summed E-state index contributed by atoms with van der Waals surface area (Å²) in [4.78, 5) is 10.9. The van der Waals surface area contributed by atoms with E-state index >= 15 is 0 Å². The number of halogens is 1. The number of hydrogen-bond acceptors (Lipinski definition) is 4. The van der Waals surface area contributed by atoms with Crippen LogP contribution in [0.5, 0.6) is 11.5 Å². The van der Waals surface area contributed by atoms with Crippen molar-refractivity contribution in [3.63, 3.8) is 0 Å². The average molecular weight is 427 g/mol. The first kappa shape index (κ1) is 21.7. The molecule has 0 spiro atoms. The molecule has 156 valence electrons. The van der Waals surface area contributed by atoms with Crippen molar-refractivity contribution in [1.82, 2.24) is 0 Å². The predicted octanol–water partition coefficient (Wildman–Crippen LogP) is 4.76. The molecule has 0 saturated carbocycles. The molecule has 0 aliphatic heterocycles. The number of aryl methyl sites for hydroxylation is 1. The van der Waals surface area contributed by atoms with Gasteiger partial charge in [0.2, 0.25) is 0 Å². The van der Waals surface area contributed by atoms with Gasteiger partial charge in [-0.05, 0) is 59.5 Å². The zero-order valence-corrected chi connectivity index (χ0v) is 17.3. The van der Waals surface area contributed by atoms with Crippen molar-refractivity contribution >= 4 is 17.6 Å². The lowest BCUT2D eigenvalue weighted by Gasteiger charge is -2.15. The van der Waals surface area contributed by atoms with E-state index in [0.29, 0.717) is 16.5 Å². The second kappa shape index (κ2) is 10.1. The molecule has 0 aromatic heterocycles. The number of aliphatic hydroxyl groups excluding tert-OH is 1. The fourth-order valence-corrected chi connectivity index (χ4v) is 3.21. The Hall–Kier alpha value is -3.02. The van der Waals surface area contributed by atoms with Crippen molar-refractivity contribution in [2.24, 2.45) is 0 Å². The SMILES string of the molecule is Cc1cc(Cl)ccc1OCC(O)COc1ccc(-c2cccc(CC(=O)O)c2)cc1. The number of rotatable bonds is 9. The van der Waals surface area contributed by atoms with Gasteiger partial charge in [0.05, 0.1) is 6.42 Å². The van der Waals surface area contributed by atoms with Gasteiger partial charge in [-0.1, -0.05) is 48.0 Å². The van der Waals surface area contributed by atoms with Crippen LogP contribution >= 0.6 is 11.6 Å². The number of carboxylic acids is 1. The maximum atomic E-state index is 10.9. The third-order valence-corrected chi connectivity index (χ3v) is 4.72. The highest BCUT2D eigenvalue weighted by Crippen LogP contribution is 2.24. The van der Waals surface area contributed by atoms with Crippen LogP contribution in [0.15, 0.2) is 66.7 Å². The molecule has 0 bridgehead atoms. The smallest absolute Gasteiger partial charge is 0.307 e. The minimum Gasteiger partial charge on any atom is -0.491 e. The summed E-state index contributed by atoms with van der Waals surface area (Å²) in [5.74, 6) is 0.444. The van der Waals surface area contributed by atoms with Gasteiger partial charge in [-0.25, -0.2) is 0 Å². The molecule has 3 aromatic rings. The minimum atomic E-state index is -0.857. The van der Waals surface area contributed by atoms with Gasteiger partial charge in [0.15, 0.2) is 0 Å². The third kappa shape index (κ3) is 6.24. The van der Waals surface area contributed by atoms with E-state index in [1.165, 1.54) is 0 Å². The molecule has 1 atom stereocenters. The van der Waals surface area contributed by atoms with Crippen LogP contribution in [0.3, 0.4) is 0 Å². The highest BCUT2D eigenvalue weighted by Gasteiger charge is 2.09. The van der Waals surface area contributed by atoms with Gasteiger partial charge in [-0.15, -0.1) is 0 Å². The van der Waals surface area contributed by atoms with Crippen LogP contribution in [0.2, 0.25) is 5.02 Å². The van der Waals surface area contributed by atoms with E-state index in [-0.39, 0.29) is 19.6 Å². The Bertz CT molecular complexity index is 1000. The van der Waals surface area contributed by atoms with Crippen molar-refractivity contribution in [2.75, 3.05) is 13.2 Å². The fraction of sp³-hybridized carbons (Fsp3) is 0.208. The van der Waals surface area contributed by atoms with Gasteiger partial charge in [-0.2, -0.15) is 0 Å². The lowest BCUT2D eigenvalue weighted by atomic mass is 10.0. The standard InChI is InChI=1S/C24H23ClO5/c1-16-11-20(25)7-10-23(16)30-15-21(26)14-29-22-8-5-18(6-9-22)19-4-2-3-17(12-19)13-24(27)28/h2-12,21,26H,13-15H2,1H3,(H,27,28). The number of hydrogen-bond donors (Lipinski definition) is 2. The molecule has 30 heavy (non-hydrogen) atoms. The van der Waals surface area contributed by atoms with Crippen LogP contribution in [-0.2, 0) is 11.2 Å². The summed E-state index contributed by atoms with van der Waals surface area (Å²) in [5.41, 5.74) is 3.54. The molecule has 6 heteroatoms. The molecule has 2 N–H and O–H groups in total. The van der Waals surface area contributed by atoms with Crippen LogP contribution in [0.4, 0.5) is 0 Å². The summed E-state index contributed by atoms with van der Waals surface area (Å²) in [6.07, 6.45) is -0.794. The van der Waals surface area contributed by atoms with Gasteiger partial charge in [-0.3, -0.25) is 4.79 Å². The van der Waals surface area contributed by atoms with Crippen LogP contribution in [-0.4, -0.2) is 35.5 Å². The lowest BCUT2D eigenvalue weighted by molar-refractivity contribution is -0.136. The van der Waals surface area contributed by atoms with Crippen LogP contribution < -0.4 is 9.47 Å². The average Bonchev–Trinajstić information content (AvgIpc) is 2.72. The van der Waals surface area contributed by atoms with E-state index in [0.717, 1.165) is 22.3 Å². The summed E-state index contributed by atoms with van der Waals surface area (Å²) in [7, 11) is 0. The molecule has 0 aliphatic rings. The van der Waals surface area contributed by atoms with E-state index in [4.69, 9.17) is 26.2 Å². The molecule has 5 nitrogen and oxygen atoms in total. The quantitative estimate of drug-likeness (QED) is 0.516. The summed E-state index contributed by atoms with van der Waals surface area (Å²) < 4.78 is 11.3. The number of carbonyl (C=O) groups is 1. The molecular formula is C24H23ClO5. The van der Waals surface area contributed by atoms with Crippen LogP contribution in [0.25, 0.3) is 11.1 Å². The van der Waals surface area contributed by atoms with Gasteiger partial charge >= 0.3 is 5.97 Å². The molecule has 0 saturated heterocycles. The highest BCUT2D eigenvalue weighted by atomic mass is 35.5. The normalized spacial score (nSPS) is 11.7. The van der Waals surface area contributed by atoms with Crippen molar-refractivity contribution in [3.05, 3.63) is 82.9 Å². The highest BCUT2D eigenvalue weighted by molar-refractivity contribution is 6.30. The van der Waals surface area contributed by atoms with E-state index in [1.807, 2.05) is 49.4 Å². The van der Waals surface area contributed by atoms with E-state index in [2.05, 4.69) is 0 Å². The topological polar surface area (TPSA) is 76.0 Å². The number of carboxylic acid groups (broad SMARTS) is 1. The Labute approximate surface area is 180 Å². The number of benzene rings is 3. The number of aliphatic carboxylic acids is 1. The zero-order chi connectivity index (χ0) is 21.5. The molecular weight excluding hydrogens is 404 g/mol. The predicted molar refractivity (Wildman–Crippen MR) is 116 cm³/mol. The van der Waals surface area contributed by atoms with Gasteiger partial charge in [0.1, 0.15) is 30.8 Å². The Morgan fingerprint density at radius 2 is 1.70 bits per heavy atom. The van der Waals surface area contributed by atoms with E-state index in [1.54, 1.807) is 24.3 Å². The minimum absolute atomic E-state index is 0.00939. The summed E-state index contributed by atoms with van der Waals surface area (Å²) >= 11 is 5.93. The summed E-state index contributed by atoms with van der Waals surface area (Å²) in [5, 5.41) is 19.7. The Morgan fingerprint density at radius 3 is 2.40 bits per heavy atom. The first-order chi connectivity index (χ1) is 14.4. The van der Waals surface area contributed by atoms with Gasteiger partial charge in [0.25, 0.3) is 0 Å². The van der Waals surface area contributed by atoms with Gasteiger partial charge in [0, 0.05) is 5.02 Å². The van der Waals surface area contributed by atoms with Crippen molar-refractivity contribution in [2.45, 2.75) is 19.4 Å². The molecule has 0 aliphatic carbocycles. The first-order valence-electron chi connectivity index (χ1n) is 9.51. The monoisotopic (exact) mass is 426 g/mol. The van der Waals surface area contributed by atoms with Gasteiger partial charge < -0.3 is 19.7 Å². The Balaban J connectivity index is 1.52. The maximum Gasteiger partial charge on any atom is 0.307 e. The van der Waals surface area contributed by atoms with E-state index < -0.39 is 12.1 Å². The molecule has 3 aromatic carbocycles. The number of aliphatic hydroxyl groups is 1. The zero-order valence-electron chi connectivity index (χ0n) is 16.5. The summed E-state index contributed by atoms with van der Waals surface area (Å²) in [6, 6.07) is 20.2. The molecule has 0 radical (unpaired) electrons. The number of ether oxygens (including phenoxy) is 2. The van der Waals surface area contributed by atoms with E-state index in [9.17, 15) is 9.90 Å². The largest absolute Gasteiger partial charge is 0.491 e. The molecule has 3 rings (SSSR count). The first-order valence-corrected chi connectivity index (χ1v) is 9.89. The van der Waals surface area contributed by atoms with Crippen molar-refractivity contribution < 1.29 is 24.5 Å². The molecule has 0 heterocycles. The third-order valence-electron chi connectivity index (χ3n) is 4.48. The maximum absolute atomic E-state index is 10.9. The Morgan fingerprint density at radius 1 is 0.967 bits per heavy atom. The molecule has 0 amide bonds. The van der Waals surface area contributed by atoms with Crippen LogP contribution in [0, 0.1) is 6.92 Å². The second-order valence-corrected chi connectivity index (χ2v) is 7.42. The van der Waals surface area contributed by atoms with Crippen LogP contribution in [0.1, 0.15) is 11.1 Å². The summed E-state index contributed by atoms with van der Waals surface area (Å²) in [6.45, 7) is 2.10. The fourth-order valence-electron chi connectivity index (χ4n) is 2.98. The lowest BCUT2D eigenvalue weighted by Crippen LogP contribution is -2.25. The molecule has 1 unspecified atom stereocenters. The second-order valence-electron chi connectivity index (χ2n) is 6.98. The van der Waals surface area contributed by atoms with Crippen molar-refractivity contribution in [1.29, 1.82) is 0 Å².